The average molecular weight is 197 g/mol. The van der Waals surface area contributed by atoms with Crippen molar-refractivity contribution in [3.8, 4) is 0 Å². The molecule has 0 bridgehead atoms. The predicted molar refractivity (Wildman–Crippen MR) is 51.7 cm³/mol. The van der Waals surface area contributed by atoms with Crippen molar-refractivity contribution in [2.45, 2.75) is 52.6 Å². The Hall–Kier alpha value is -0.185. The van der Waals surface area contributed by atoms with Gasteiger partial charge in [0.2, 0.25) is 0 Å². The highest BCUT2D eigenvalue weighted by molar-refractivity contribution is 6.33. The number of halogens is 3. The fraction of sp³-hybridized carbons (Fsp3) is 1.00. The van der Waals surface area contributed by atoms with E-state index in [0.29, 0.717) is 12.1 Å². The minimum atomic E-state index is -3.67. The molecule has 0 amide bonds. The minimum Gasteiger partial charge on any atom is -0.312 e. The van der Waals surface area contributed by atoms with E-state index in [4.69, 9.17) is 0 Å². The van der Waals surface area contributed by atoms with Gasteiger partial charge in [-0.1, -0.05) is 13.8 Å². The van der Waals surface area contributed by atoms with Crippen LogP contribution in [0, 0.1) is 0 Å². The van der Waals surface area contributed by atoms with Crippen LogP contribution in [0.2, 0.25) is 0 Å². The maximum atomic E-state index is 9.67. The van der Waals surface area contributed by atoms with E-state index in [9.17, 15) is 12.9 Å². The van der Waals surface area contributed by atoms with Crippen LogP contribution in [-0.2, 0) is 0 Å². The average Bonchev–Trinajstić information content (AvgIpc) is 2.03. The van der Waals surface area contributed by atoms with E-state index in [1.807, 2.05) is 0 Å². The van der Waals surface area contributed by atoms with Gasteiger partial charge in [-0.2, -0.15) is 0 Å². The summed E-state index contributed by atoms with van der Waals surface area (Å²) in [5, 5.41) is 3.48. The van der Waals surface area contributed by atoms with Crippen molar-refractivity contribution in [2.75, 3.05) is 0 Å². The molecule has 0 saturated heterocycles. The van der Waals surface area contributed by atoms with Crippen molar-refractivity contribution in [3.05, 3.63) is 0 Å². The summed E-state index contributed by atoms with van der Waals surface area (Å²) in [7, 11) is -3.67. The standard InChI is InChI=1S/C8H19N.BF3/c1-5-7(3)9-8(4)6-2;2-1(3)4/h7-9H,5-6H2,1-4H3;. The first-order valence-corrected chi connectivity index (χ1v) is 4.62. The number of hydrogen-bond acceptors (Lipinski definition) is 1. The highest BCUT2D eigenvalue weighted by Crippen LogP contribution is 1.93. The van der Waals surface area contributed by atoms with Crippen LogP contribution in [0.4, 0.5) is 12.9 Å². The van der Waals surface area contributed by atoms with Crippen molar-refractivity contribution in [1.82, 2.24) is 5.32 Å². The second-order valence-corrected chi connectivity index (χ2v) is 3.03. The van der Waals surface area contributed by atoms with Crippen molar-refractivity contribution in [3.63, 3.8) is 0 Å². The first kappa shape index (κ1) is 15.3. The lowest BCUT2D eigenvalue weighted by molar-refractivity contribution is 0.449. The molecule has 0 aliphatic rings. The molecule has 0 fully saturated rings. The minimum absolute atomic E-state index is 0.681. The highest BCUT2D eigenvalue weighted by atomic mass is 19.4. The Balaban J connectivity index is 0. The number of nitrogens with one attached hydrogen (secondary N) is 1. The summed E-state index contributed by atoms with van der Waals surface area (Å²) in [5.74, 6) is 0. The van der Waals surface area contributed by atoms with Gasteiger partial charge in [0.05, 0.1) is 0 Å². The molecular weight excluding hydrogens is 178 g/mol. The summed E-state index contributed by atoms with van der Waals surface area (Å²) in [6, 6.07) is 1.36. The van der Waals surface area contributed by atoms with E-state index in [1.165, 1.54) is 12.8 Å². The highest BCUT2D eigenvalue weighted by Gasteiger charge is 2.06. The van der Waals surface area contributed by atoms with E-state index in [1.54, 1.807) is 0 Å². The molecule has 0 spiro atoms. The molecule has 0 rings (SSSR count). The topological polar surface area (TPSA) is 12.0 Å². The molecule has 1 nitrogen and oxygen atoms in total. The summed E-state index contributed by atoms with van der Waals surface area (Å²) in [5.41, 5.74) is 0. The molecule has 0 saturated carbocycles. The zero-order chi connectivity index (χ0) is 10.9. The Morgan fingerprint density at radius 1 is 1.00 bits per heavy atom. The quantitative estimate of drug-likeness (QED) is 0.683. The van der Waals surface area contributed by atoms with E-state index in [2.05, 4.69) is 33.0 Å². The van der Waals surface area contributed by atoms with Gasteiger partial charge in [-0.15, -0.1) is 0 Å². The van der Waals surface area contributed by atoms with Gasteiger partial charge in [0.1, 0.15) is 0 Å². The zero-order valence-electron chi connectivity index (χ0n) is 8.78. The molecule has 80 valence electrons. The largest absolute Gasteiger partial charge is 0.762 e. The molecule has 2 unspecified atom stereocenters. The van der Waals surface area contributed by atoms with E-state index < -0.39 is 7.54 Å². The SMILES string of the molecule is CCC(C)NC(C)CC.FB(F)F. The van der Waals surface area contributed by atoms with Gasteiger partial charge in [-0.3, -0.25) is 12.9 Å². The summed E-state index contributed by atoms with van der Waals surface area (Å²) < 4.78 is 29.0. The van der Waals surface area contributed by atoms with Crippen molar-refractivity contribution in [2.24, 2.45) is 0 Å². The van der Waals surface area contributed by atoms with Crippen molar-refractivity contribution < 1.29 is 12.9 Å². The second kappa shape index (κ2) is 9.90. The Bertz CT molecular complexity index is 92.6. The summed E-state index contributed by atoms with van der Waals surface area (Å²) in [4.78, 5) is 0. The molecule has 0 aromatic rings. The Morgan fingerprint density at radius 2 is 1.23 bits per heavy atom. The van der Waals surface area contributed by atoms with Crippen molar-refractivity contribution in [1.29, 1.82) is 0 Å². The van der Waals surface area contributed by atoms with Gasteiger partial charge < -0.3 is 5.32 Å². The molecule has 0 heterocycles. The molecule has 0 aromatic heterocycles. The van der Waals surface area contributed by atoms with E-state index in [-0.39, 0.29) is 0 Å². The van der Waals surface area contributed by atoms with Crippen LogP contribution in [0.5, 0.6) is 0 Å². The molecule has 0 radical (unpaired) electrons. The lowest BCUT2D eigenvalue weighted by Crippen LogP contribution is -2.33. The summed E-state index contributed by atoms with van der Waals surface area (Å²) in [6.07, 6.45) is 2.45. The lowest BCUT2D eigenvalue weighted by Gasteiger charge is -2.16. The summed E-state index contributed by atoms with van der Waals surface area (Å²) in [6.45, 7) is 8.87. The summed E-state index contributed by atoms with van der Waals surface area (Å²) >= 11 is 0. The molecule has 0 aliphatic heterocycles. The molecule has 1 N–H and O–H groups in total. The lowest BCUT2D eigenvalue weighted by atomic mass is 10.2. The van der Waals surface area contributed by atoms with Crippen LogP contribution >= 0.6 is 0 Å². The third-order valence-electron chi connectivity index (χ3n) is 1.79. The Kier molecular flexibility index (Phi) is 11.6. The zero-order valence-corrected chi connectivity index (χ0v) is 8.78. The van der Waals surface area contributed by atoms with Gasteiger partial charge in [0, 0.05) is 12.1 Å². The number of rotatable bonds is 4. The third kappa shape index (κ3) is 18.6. The third-order valence-corrected chi connectivity index (χ3v) is 1.79. The van der Waals surface area contributed by atoms with Crippen molar-refractivity contribution >= 4 is 7.54 Å². The van der Waals surface area contributed by atoms with Crippen LogP contribution in [0.25, 0.3) is 0 Å². The van der Waals surface area contributed by atoms with Gasteiger partial charge in [-0.05, 0) is 26.7 Å². The fourth-order valence-corrected chi connectivity index (χ4v) is 0.721. The van der Waals surface area contributed by atoms with Gasteiger partial charge >= 0.3 is 7.54 Å². The molecular formula is C8H19BF3N. The van der Waals surface area contributed by atoms with Crippen LogP contribution < -0.4 is 5.32 Å². The van der Waals surface area contributed by atoms with Gasteiger partial charge in [0.15, 0.2) is 0 Å². The maximum Gasteiger partial charge on any atom is 0.762 e. The van der Waals surface area contributed by atoms with Gasteiger partial charge in [-0.25, -0.2) is 0 Å². The molecule has 0 aliphatic carbocycles. The van der Waals surface area contributed by atoms with Crippen LogP contribution in [0.3, 0.4) is 0 Å². The maximum absolute atomic E-state index is 9.67. The Morgan fingerprint density at radius 3 is 1.38 bits per heavy atom. The van der Waals surface area contributed by atoms with Crippen LogP contribution in [0.1, 0.15) is 40.5 Å². The van der Waals surface area contributed by atoms with E-state index >= 15 is 0 Å². The first-order valence-electron chi connectivity index (χ1n) is 4.62. The fourth-order valence-electron chi connectivity index (χ4n) is 0.721. The molecule has 0 aromatic carbocycles. The molecule has 2 atom stereocenters. The number of hydrogen-bond donors (Lipinski definition) is 1. The normalized spacial score (nSPS) is 14.1. The van der Waals surface area contributed by atoms with Crippen LogP contribution in [0.15, 0.2) is 0 Å². The van der Waals surface area contributed by atoms with E-state index in [0.717, 1.165) is 0 Å². The smallest absolute Gasteiger partial charge is 0.312 e. The first-order chi connectivity index (χ1) is 5.93. The molecule has 5 heteroatoms. The monoisotopic (exact) mass is 197 g/mol. The Labute approximate surface area is 79.3 Å². The predicted octanol–water partition coefficient (Wildman–Crippen LogP) is 3.05. The molecule has 13 heavy (non-hydrogen) atoms. The second-order valence-electron chi connectivity index (χ2n) is 3.03. The van der Waals surface area contributed by atoms with Gasteiger partial charge in [0.25, 0.3) is 0 Å². The van der Waals surface area contributed by atoms with Crippen LogP contribution in [-0.4, -0.2) is 19.6 Å².